The Hall–Kier alpha value is -3.96. The van der Waals surface area contributed by atoms with Crippen molar-refractivity contribution in [3.63, 3.8) is 0 Å². The number of nitrogens with zero attached hydrogens (tertiary/aromatic N) is 2. The van der Waals surface area contributed by atoms with Crippen molar-refractivity contribution in [1.29, 1.82) is 0 Å². The van der Waals surface area contributed by atoms with Crippen LogP contribution in [0, 0.1) is 5.92 Å². The van der Waals surface area contributed by atoms with Crippen LogP contribution in [0.25, 0.3) is 0 Å². The Balaban J connectivity index is 2.02. The number of carbonyl (C=O) groups is 5. The molecule has 6 N–H and O–H groups in total. The number of ether oxygens (including phenoxy) is 1. The molecule has 12 nitrogen and oxygen atoms in total. The fourth-order valence-electron chi connectivity index (χ4n) is 3.90. The second-order valence-corrected chi connectivity index (χ2v) is 9.25. The summed E-state index contributed by atoms with van der Waals surface area (Å²) in [5.41, 5.74) is 11.3. The summed E-state index contributed by atoms with van der Waals surface area (Å²) < 4.78 is 5.25. The van der Waals surface area contributed by atoms with Gasteiger partial charge in [-0.25, -0.2) is 9.69 Å². The first-order valence-electron chi connectivity index (χ1n) is 12.3. The molecule has 1 aliphatic rings. The highest BCUT2D eigenvalue weighted by Crippen LogP contribution is 2.21. The van der Waals surface area contributed by atoms with Gasteiger partial charge < -0.3 is 31.6 Å². The van der Waals surface area contributed by atoms with Crippen LogP contribution in [-0.4, -0.2) is 65.6 Å². The summed E-state index contributed by atoms with van der Waals surface area (Å²) in [7, 11) is 0. The van der Waals surface area contributed by atoms with Gasteiger partial charge in [-0.1, -0.05) is 44.2 Å². The Morgan fingerprint density at radius 2 is 1.89 bits per heavy atom. The van der Waals surface area contributed by atoms with Gasteiger partial charge in [-0.3, -0.25) is 19.4 Å². The Morgan fingerprint density at radius 1 is 1.19 bits per heavy atom. The molecule has 1 aromatic carbocycles. The van der Waals surface area contributed by atoms with Crippen molar-refractivity contribution in [3.05, 3.63) is 35.9 Å². The van der Waals surface area contributed by atoms with Crippen LogP contribution in [0.15, 0.2) is 35.3 Å². The minimum atomic E-state index is -1.10. The highest BCUT2D eigenvalue weighted by molar-refractivity contribution is 6.01. The van der Waals surface area contributed by atoms with Crippen LogP contribution in [0.3, 0.4) is 0 Å². The lowest BCUT2D eigenvalue weighted by molar-refractivity contribution is -0.136. The number of carbonyl (C=O) groups excluding carboxylic acids is 5. The molecule has 1 fully saturated rings. The number of aliphatic imine (C=N–C) groups is 1. The van der Waals surface area contributed by atoms with Gasteiger partial charge in [0, 0.05) is 13.0 Å². The summed E-state index contributed by atoms with van der Waals surface area (Å²) in [5, 5.41) is 5.29. The van der Waals surface area contributed by atoms with E-state index in [0.29, 0.717) is 25.7 Å². The van der Waals surface area contributed by atoms with Crippen molar-refractivity contribution in [3.8, 4) is 0 Å². The normalized spacial score (nSPS) is 16.6. The van der Waals surface area contributed by atoms with E-state index in [1.807, 2.05) is 19.9 Å². The van der Waals surface area contributed by atoms with Crippen LogP contribution in [0.4, 0.5) is 4.79 Å². The minimum absolute atomic E-state index is 0.00256. The number of rotatable bonds is 13. The zero-order valence-corrected chi connectivity index (χ0v) is 21.2. The van der Waals surface area contributed by atoms with Crippen LogP contribution in [0.2, 0.25) is 0 Å². The van der Waals surface area contributed by atoms with Crippen LogP contribution in [0.5, 0.6) is 0 Å². The van der Waals surface area contributed by atoms with Crippen LogP contribution in [-0.2, 0) is 30.5 Å². The SMILES string of the molecule is CC(C)C[C@H](NC(=O)[C@H]1CCC(=O)N1C(=O)OCc1ccccc1)C(=O)N[C@H](C=O)CCCN=C(N)N. The third-order valence-electron chi connectivity index (χ3n) is 5.72. The molecule has 2 rings (SSSR count). The zero-order valence-electron chi connectivity index (χ0n) is 21.2. The number of nitrogens with one attached hydrogen (secondary N) is 2. The first kappa shape index (κ1) is 29.3. The van der Waals surface area contributed by atoms with Crippen LogP contribution < -0.4 is 22.1 Å². The number of imide groups is 1. The smallest absolute Gasteiger partial charge is 0.417 e. The lowest BCUT2D eigenvalue weighted by Gasteiger charge is -2.26. The molecular weight excluding hydrogens is 480 g/mol. The summed E-state index contributed by atoms with van der Waals surface area (Å²) in [6.07, 6.45) is 0.876. The van der Waals surface area contributed by atoms with Crippen molar-refractivity contribution >= 4 is 36.1 Å². The Morgan fingerprint density at radius 3 is 2.51 bits per heavy atom. The maximum Gasteiger partial charge on any atom is 0.417 e. The largest absolute Gasteiger partial charge is 0.444 e. The quantitative estimate of drug-likeness (QED) is 0.127. The molecule has 12 heteroatoms. The molecule has 0 bridgehead atoms. The van der Waals surface area contributed by atoms with Crippen molar-refractivity contribution < 1.29 is 28.7 Å². The van der Waals surface area contributed by atoms with E-state index < -0.39 is 41.9 Å². The Labute approximate surface area is 216 Å². The summed E-state index contributed by atoms with van der Waals surface area (Å²) >= 11 is 0. The average molecular weight is 517 g/mol. The Kier molecular flexibility index (Phi) is 11.5. The summed E-state index contributed by atoms with van der Waals surface area (Å²) in [6, 6.07) is 6.09. The second kappa shape index (κ2) is 14.6. The molecule has 0 unspecified atom stereocenters. The van der Waals surface area contributed by atoms with E-state index in [1.54, 1.807) is 24.3 Å². The van der Waals surface area contributed by atoms with Crippen molar-refractivity contribution in [2.75, 3.05) is 6.54 Å². The van der Waals surface area contributed by atoms with E-state index in [-0.39, 0.29) is 37.7 Å². The molecule has 202 valence electrons. The number of likely N-dealkylation sites (tertiary alicyclic amines) is 1. The van der Waals surface area contributed by atoms with E-state index in [1.165, 1.54) is 0 Å². The predicted octanol–water partition coefficient (Wildman–Crippen LogP) is 0.582. The van der Waals surface area contributed by atoms with Crippen molar-refractivity contribution in [2.24, 2.45) is 22.4 Å². The van der Waals surface area contributed by atoms with Gasteiger partial charge in [-0.15, -0.1) is 0 Å². The molecule has 1 aliphatic heterocycles. The predicted molar refractivity (Wildman–Crippen MR) is 136 cm³/mol. The molecule has 0 saturated carbocycles. The average Bonchev–Trinajstić information content (AvgIpc) is 3.25. The number of nitrogens with two attached hydrogens (primary N) is 2. The third kappa shape index (κ3) is 9.54. The van der Waals surface area contributed by atoms with Crippen molar-refractivity contribution in [1.82, 2.24) is 15.5 Å². The number of guanidine groups is 1. The number of hydrogen-bond donors (Lipinski definition) is 4. The lowest BCUT2D eigenvalue weighted by Crippen LogP contribution is -2.55. The van der Waals surface area contributed by atoms with Gasteiger partial charge in [0.2, 0.25) is 17.7 Å². The highest BCUT2D eigenvalue weighted by atomic mass is 16.6. The molecule has 0 spiro atoms. The third-order valence-corrected chi connectivity index (χ3v) is 5.72. The summed E-state index contributed by atoms with van der Waals surface area (Å²) in [6.45, 7) is 4.02. The van der Waals surface area contributed by atoms with Crippen LogP contribution in [0.1, 0.15) is 51.5 Å². The van der Waals surface area contributed by atoms with E-state index in [4.69, 9.17) is 16.2 Å². The van der Waals surface area contributed by atoms with Gasteiger partial charge in [0.1, 0.15) is 25.0 Å². The minimum Gasteiger partial charge on any atom is -0.444 e. The molecule has 0 radical (unpaired) electrons. The topological polar surface area (TPSA) is 186 Å². The molecule has 0 aromatic heterocycles. The van der Waals surface area contributed by atoms with Crippen LogP contribution >= 0.6 is 0 Å². The Bertz CT molecular complexity index is 979. The molecule has 3 atom stereocenters. The van der Waals surface area contributed by atoms with E-state index >= 15 is 0 Å². The maximum absolute atomic E-state index is 13.1. The van der Waals surface area contributed by atoms with E-state index in [2.05, 4.69) is 15.6 Å². The summed E-state index contributed by atoms with van der Waals surface area (Å²) in [5.74, 6) is -1.73. The number of aldehydes is 1. The fraction of sp³-hybridized carbons (Fsp3) is 0.520. The second-order valence-electron chi connectivity index (χ2n) is 9.25. The number of benzene rings is 1. The molecule has 1 heterocycles. The van der Waals surface area contributed by atoms with Gasteiger partial charge in [0.25, 0.3) is 0 Å². The number of hydrogen-bond acceptors (Lipinski definition) is 7. The zero-order chi connectivity index (χ0) is 27.4. The van der Waals surface area contributed by atoms with Gasteiger partial charge in [-0.05, 0) is 37.2 Å². The van der Waals surface area contributed by atoms with Gasteiger partial charge in [0.05, 0.1) is 6.04 Å². The maximum atomic E-state index is 13.1. The molecule has 4 amide bonds. The monoisotopic (exact) mass is 516 g/mol. The van der Waals surface area contributed by atoms with E-state index in [0.717, 1.165) is 10.5 Å². The first-order chi connectivity index (χ1) is 17.6. The standard InChI is InChI=1S/C25H36N6O6/c1-16(2)13-19(22(34)29-18(14-32)9-6-12-28-24(26)27)30-23(35)20-10-11-21(33)31(20)25(36)37-15-17-7-4-3-5-8-17/h3-5,7-8,14,16,18-20H,6,9-13,15H2,1-2H3,(H,29,34)(H,30,35)(H4,26,27,28)/t18-,19-,20+/m0/s1. The fourth-order valence-corrected chi connectivity index (χ4v) is 3.90. The molecular formula is C25H36N6O6. The van der Waals surface area contributed by atoms with Crippen molar-refractivity contribution in [2.45, 2.75) is 70.7 Å². The summed E-state index contributed by atoms with van der Waals surface area (Å²) in [4.78, 5) is 67.2. The number of amides is 4. The molecule has 37 heavy (non-hydrogen) atoms. The van der Waals surface area contributed by atoms with Gasteiger partial charge in [-0.2, -0.15) is 0 Å². The molecule has 0 aliphatic carbocycles. The lowest BCUT2D eigenvalue weighted by atomic mass is 10.0. The van der Waals surface area contributed by atoms with E-state index in [9.17, 15) is 24.0 Å². The molecule has 1 aromatic rings. The van der Waals surface area contributed by atoms with Gasteiger partial charge in [0.15, 0.2) is 5.96 Å². The van der Waals surface area contributed by atoms with Gasteiger partial charge >= 0.3 is 6.09 Å². The first-order valence-corrected chi connectivity index (χ1v) is 12.3. The highest BCUT2D eigenvalue weighted by Gasteiger charge is 2.42. The molecule has 1 saturated heterocycles.